The van der Waals surface area contributed by atoms with Gasteiger partial charge in [-0.15, -0.1) is 0 Å². The molecule has 1 fully saturated rings. The summed E-state index contributed by atoms with van der Waals surface area (Å²) in [6.07, 6.45) is 5.03. The molecule has 0 unspecified atom stereocenters. The van der Waals surface area contributed by atoms with Gasteiger partial charge >= 0.3 is 0 Å². The molecule has 1 aliphatic rings. The molecule has 1 aromatic rings. The van der Waals surface area contributed by atoms with Crippen LogP contribution in [0.25, 0.3) is 0 Å². The number of aromatic nitrogens is 2. The molecule has 21 heavy (non-hydrogen) atoms. The van der Waals surface area contributed by atoms with Crippen molar-refractivity contribution in [3.8, 4) is 0 Å². The first-order valence-electron chi connectivity index (χ1n) is 7.99. The van der Waals surface area contributed by atoms with Gasteiger partial charge in [0, 0.05) is 11.6 Å². The predicted octanol–water partition coefficient (Wildman–Crippen LogP) is 6.34. The van der Waals surface area contributed by atoms with E-state index in [1.54, 1.807) is 0 Å². The van der Waals surface area contributed by atoms with Gasteiger partial charge in [0.25, 0.3) is 0 Å². The molecule has 0 atom stereocenters. The van der Waals surface area contributed by atoms with Gasteiger partial charge in [0.15, 0.2) is 0 Å². The average Bonchev–Trinajstić information content (AvgIpc) is 2.40. The fourth-order valence-corrected chi connectivity index (χ4v) is 4.17. The van der Waals surface area contributed by atoms with E-state index >= 15 is 0 Å². The lowest BCUT2D eigenvalue weighted by Gasteiger charge is -2.36. The minimum atomic E-state index is 0.425. The zero-order chi connectivity index (χ0) is 15.8. The lowest BCUT2D eigenvalue weighted by Crippen LogP contribution is -2.26. The molecule has 1 aliphatic carbocycles. The summed E-state index contributed by atoms with van der Waals surface area (Å²) in [6.45, 7) is 11.5. The second-order valence-electron chi connectivity index (χ2n) is 7.72. The first-order valence-corrected chi connectivity index (χ1v) is 9.20. The van der Waals surface area contributed by atoms with Crippen molar-refractivity contribution in [1.29, 1.82) is 0 Å². The molecular formula is C17H27BrN2S. The number of rotatable bonds is 2. The minimum absolute atomic E-state index is 0.425. The maximum absolute atomic E-state index is 5.42. The fourth-order valence-electron chi connectivity index (χ4n) is 3.32. The lowest BCUT2D eigenvalue weighted by atomic mass is 9.69. The zero-order valence-electron chi connectivity index (χ0n) is 13.8. The van der Waals surface area contributed by atoms with Gasteiger partial charge < -0.3 is 4.98 Å². The van der Waals surface area contributed by atoms with Gasteiger partial charge in [-0.2, -0.15) is 0 Å². The summed E-state index contributed by atoms with van der Waals surface area (Å²) in [6, 6.07) is 0. The third-order valence-corrected chi connectivity index (χ3v) is 6.19. The predicted molar refractivity (Wildman–Crippen MR) is 95.4 cm³/mol. The number of halogens is 1. The van der Waals surface area contributed by atoms with Gasteiger partial charge in [-0.05, 0) is 58.9 Å². The zero-order valence-corrected chi connectivity index (χ0v) is 16.2. The van der Waals surface area contributed by atoms with E-state index < -0.39 is 0 Å². The van der Waals surface area contributed by atoms with Crippen molar-refractivity contribution in [2.45, 2.75) is 72.1 Å². The highest BCUT2D eigenvalue weighted by Gasteiger charge is 2.31. The molecule has 0 saturated heterocycles. The highest BCUT2D eigenvalue weighted by molar-refractivity contribution is 9.10. The fraction of sp³-hybridized carbons (Fsp3) is 0.765. The van der Waals surface area contributed by atoms with E-state index in [9.17, 15) is 0 Å². The number of hydrogen-bond donors (Lipinski definition) is 1. The number of aromatic amines is 1. The van der Waals surface area contributed by atoms with E-state index in [0.717, 1.165) is 16.2 Å². The van der Waals surface area contributed by atoms with Crippen molar-refractivity contribution < 1.29 is 0 Å². The molecule has 0 amide bonds. The summed E-state index contributed by atoms with van der Waals surface area (Å²) < 4.78 is 1.66. The van der Waals surface area contributed by atoms with E-state index in [1.807, 2.05) is 0 Å². The Hall–Kier alpha value is -0.220. The monoisotopic (exact) mass is 370 g/mol. The van der Waals surface area contributed by atoms with Crippen molar-refractivity contribution >= 4 is 28.1 Å². The van der Waals surface area contributed by atoms with Crippen LogP contribution in [0.4, 0.5) is 0 Å². The third-order valence-electron chi connectivity index (χ3n) is 4.82. The Labute approximate surface area is 142 Å². The number of hydrogen-bond acceptors (Lipinski definition) is 2. The molecule has 0 bridgehead atoms. The number of H-pyrrole nitrogens is 1. The molecule has 1 saturated carbocycles. The Morgan fingerprint density at radius 2 is 1.76 bits per heavy atom. The molecular weight excluding hydrogens is 344 g/mol. The van der Waals surface area contributed by atoms with E-state index in [0.29, 0.717) is 21.9 Å². The van der Waals surface area contributed by atoms with Gasteiger partial charge in [0.2, 0.25) is 0 Å². The molecule has 0 radical (unpaired) electrons. The maximum atomic E-state index is 5.42. The second kappa shape index (κ2) is 6.49. The van der Waals surface area contributed by atoms with Crippen LogP contribution in [-0.4, -0.2) is 9.97 Å². The van der Waals surface area contributed by atoms with E-state index in [1.165, 1.54) is 31.4 Å². The molecule has 2 rings (SSSR count). The van der Waals surface area contributed by atoms with Crippen molar-refractivity contribution in [3.05, 3.63) is 20.6 Å². The molecule has 0 spiro atoms. The standard InChI is InChI=1S/C17H27BrN2S/c1-10(2)14-13(18)16(21)20-15(19-14)11-6-8-12(9-7-11)17(3,4)5/h10-12H,6-9H2,1-5H3,(H,19,20,21). The summed E-state index contributed by atoms with van der Waals surface area (Å²) in [7, 11) is 0. The summed E-state index contributed by atoms with van der Waals surface area (Å²) in [5, 5.41) is 0. The van der Waals surface area contributed by atoms with Crippen molar-refractivity contribution in [2.75, 3.05) is 0 Å². The normalized spacial score (nSPS) is 23.6. The van der Waals surface area contributed by atoms with Crippen LogP contribution < -0.4 is 0 Å². The molecule has 1 aromatic heterocycles. The molecule has 4 heteroatoms. The van der Waals surface area contributed by atoms with Gasteiger partial charge in [-0.1, -0.05) is 46.8 Å². The molecule has 2 nitrogen and oxygen atoms in total. The van der Waals surface area contributed by atoms with Crippen LogP contribution in [0.15, 0.2) is 4.47 Å². The van der Waals surface area contributed by atoms with Crippen molar-refractivity contribution in [1.82, 2.24) is 9.97 Å². The van der Waals surface area contributed by atoms with E-state index in [2.05, 4.69) is 60.5 Å². The summed E-state index contributed by atoms with van der Waals surface area (Å²) in [5.74, 6) is 2.89. The SMILES string of the molecule is CC(C)c1[nH]c(C2CCC(C(C)(C)C)CC2)nc(=S)c1Br. The topological polar surface area (TPSA) is 28.7 Å². The largest absolute Gasteiger partial charge is 0.346 e. The smallest absolute Gasteiger partial charge is 0.144 e. The third kappa shape index (κ3) is 3.95. The van der Waals surface area contributed by atoms with Crippen molar-refractivity contribution in [2.24, 2.45) is 11.3 Å². The van der Waals surface area contributed by atoms with Crippen LogP contribution in [-0.2, 0) is 0 Å². The van der Waals surface area contributed by atoms with Gasteiger partial charge in [-0.25, -0.2) is 4.98 Å². The first-order chi connectivity index (χ1) is 9.70. The second-order valence-corrected chi connectivity index (χ2v) is 8.90. The highest BCUT2D eigenvalue weighted by atomic mass is 79.9. The summed E-state index contributed by atoms with van der Waals surface area (Å²) in [4.78, 5) is 8.19. The van der Waals surface area contributed by atoms with E-state index in [-0.39, 0.29) is 0 Å². The summed E-state index contributed by atoms with van der Waals surface area (Å²) in [5.41, 5.74) is 1.61. The number of nitrogens with one attached hydrogen (secondary N) is 1. The van der Waals surface area contributed by atoms with Crippen LogP contribution >= 0.6 is 28.1 Å². The van der Waals surface area contributed by atoms with Crippen molar-refractivity contribution in [3.63, 3.8) is 0 Å². The minimum Gasteiger partial charge on any atom is -0.346 e. The first kappa shape index (κ1) is 17.1. The molecule has 0 aliphatic heterocycles. The molecule has 118 valence electrons. The van der Waals surface area contributed by atoms with Crippen LogP contribution in [0.3, 0.4) is 0 Å². The summed E-state index contributed by atoms with van der Waals surface area (Å²) >= 11 is 9.00. The van der Waals surface area contributed by atoms with Gasteiger partial charge in [0.05, 0.1) is 4.47 Å². The van der Waals surface area contributed by atoms with Gasteiger partial charge in [-0.3, -0.25) is 0 Å². The highest BCUT2D eigenvalue weighted by Crippen LogP contribution is 2.42. The maximum Gasteiger partial charge on any atom is 0.144 e. The Morgan fingerprint density at radius 3 is 2.24 bits per heavy atom. The van der Waals surface area contributed by atoms with E-state index in [4.69, 9.17) is 12.2 Å². The average molecular weight is 371 g/mol. The Bertz CT molecular complexity index is 549. The van der Waals surface area contributed by atoms with Crippen LogP contribution in [0.1, 0.15) is 83.7 Å². The molecule has 0 aromatic carbocycles. The van der Waals surface area contributed by atoms with Gasteiger partial charge in [0.1, 0.15) is 10.5 Å². The Balaban J connectivity index is 2.19. The molecule has 1 N–H and O–H groups in total. The Morgan fingerprint density at radius 1 is 1.19 bits per heavy atom. The lowest BCUT2D eigenvalue weighted by molar-refractivity contribution is 0.167. The van der Waals surface area contributed by atoms with Crippen LogP contribution in [0.5, 0.6) is 0 Å². The van der Waals surface area contributed by atoms with Crippen LogP contribution in [0.2, 0.25) is 0 Å². The number of nitrogens with zero attached hydrogens (tertiary/aromatic N) is 1. The Kier molecular flexibility index (Phi) is 5.30. The van der Waals surface area contributed by atoms with Crippen LogP contribution in [0, 0.1) is 16.0 Å². The quantitative estimate of drug-likeness (QED) is 0.614. The molecule has 1 heterocycles.